The van der Waals surface area contributed by atoms with Gasteiger partial charge in [-0.3, -0.25) is 10.3 Å². The number of aromatic nitrogens is 3. The molecule has 1 fully saturated rings. The Bertz CT molecular complexity index is 583. The Hall–Kier alpha value is -2.50. The molecule has 0 radical (unpaired) electrons. The molecule has 0 atom stereocenters. The summed E-state index contributed by atoms with van der Waals surface area (Å²) in [4.78, 5) is 24.0. The molecule has 0 aliphatic heterocycles. The zero-order valence-electron chi connectivity index (χ0n) is 10.2. The van der Waals surface area contributed by atoms with Gasteiger partial charge in [-0.2, -0.15) is 0 Å². The third-order valence-corrected chi connectivity index (χ3v) is 2.75. The topological polar surface area (TPSA) is 79.8 Å². The summed E-state index contributed by atoms with van der Waals surface area (Å²) in [6.45, 7) is 0. The van der Waals surface area contributed by atoms with Crippen LogP contribution in [-0.2, 0) is 0 Å². The van der Waals surface area contributed by atoms with Crippen LogP contribution in [0.25, 0.3) is 11.4 Å². The Labute approximate surface area is 110 Å². The van der Waals surface area contributed by atoms with E-state index in [0.29, 0.717) is 17.7 Å². The van der Waals surface area contributed by atoms with Crippen molar-refractivity contribution in [3.63, 3.8) is 0 Å². The Morgan fingerprint density at radius 1 is 1.16 bits per heavy atom. The Morgan fingerprint density at radius 3 is 2.68 bits per heavy atom. The van der Waals surface area contributed by atoms with Gasteiger partial charge in [0, 0.05) is 30.2 Å². The summed E-state index contributed by atoms with van der Waals surface area (Å²) in [6.07, 6.45) is 7.09. The van der Waals surface area contributed by atoms with Crippen LogP contribution in [-0.4, -0.2) is 27.0 Å². The molecule has 0 aromatic carbocycles. The number of carbonyl (C=O) groups excluding carboxylic acids is 1. The van der Waals surface area contributed by atoms with E-state index in [1.807, 2.05) is 12.1 Å². The van der Waals surface area contributed by atoms with Crippen LogP contribution < -0.4 is 10.6 Å². The first-order valence-electron chi connectivity index (χ1n) is 6.12. The van der Waals surface area contributed by atoms with Gasteiger partial charge >= 0.3 is 6.03 Å². The third kappa shape index (κ3) is 3.04. The lowest BCUT2D eigenvalue weighted by molar-refractivity contribution is 0.251. The molecule has 96 valence electrons. The fraction of sp³-hybridized carbons (Fsp3) is 0.231. The van der Waals surface area contributed by atoms with E-state index < -0.39 is 0 Å². The van der Waals surface area contributed by atoms with Crippen LogP contribution in [0.2, 0.25) is 0 Å². The zero-order valence-corrected chi connectivity index (χ0v) is 10.2. The minimum Gasteiger partial charge on any atom is -0.335 e. The Morgan fingerprint density at radius 2 is 1.95 bits per heavy atom. The molecule has 0 bridgehead atoms. The third-order valence-electron chi connectivity index (χ3n) is 2.75. The largest absolute Gasteiger partial charge is 0.335 e. The lowest BCUT2D eigenvalue weighted by Crippen LogP contribution is -2.30. The number of hydrogen-bond acceptors (Lipinski definition) is 4. The molecule has 2 aromatic rings. The van der Waals surface area contributed by atoms with E-state index in [-0.39, 0.29) is 6.03 Å². The normalized spacial score (nSPS) is 13.9. The summed E-state index contributed by atoms with van der Waals surface area (Å²) in [5, 5.41) is 5.55. The average Bonchev–Trinajstić information content (AvgIpc) is 3.24. The van der Waals surface area contributed by atoms with Gasteiger partial charge in [0.25, 0.3) is 0 Å². The number of rotatable bonds is 3. The molecule has 0 unspecified atom stereocenters. The van der Waals surface area contributed by atoms with Gasteiger partial charge in [0.05, 0.1) is 0 Å². The van der Waals surface area contributed by atoms with Gasteiger partial charge in [-0.05, 0) is 31.0 Å². The highest BCUT2D eigenvalue weighted by Gasteiger charge is 2.23. The Balaban J connectivity index is 1.74. The van der Waals surface area contributed by atoms with Gasteiger partial charge in [0.2, 0.25) is 0 Å². The molecule has 6 heteroatoms. The van der Waals surface area contributed by atoms with Crippen LogP contribution in [0.15, 0.2) is 36.8 Å². The van der Waals surface area contributed by atoms with Crippen LogP contribution in [0.1, 0.15) is 12.8 Å². The maximum Gasteiger partial charge on any atom is 0.320 e. The van der Waals surface area contributed by atoms with Crippen molar-refractivity contribution in [2.75, 3.05) is 5.32 Å². The highest BCUT2D eigenvalue weighted by molar-refractivity contribution is 5.88. The lowest BCUT2D eigenvalue weighted by Gasteiger charge is -2.06. The SMILES string of the molecule is O=C(Nc1ccnc(-c2ccncc2)n1)NC1CC1. The van der Waals surface area contributed by atoms with Gasteiger partial charge in [0.1, 0.15) is 5.82 Å². The summed E-state index contributed by atoms with van der Waals surface area (Å²) in [5.41, 5.74) is 0.862. The molecule has 2 heterocycles. The fourth-order valence-corrected chi connectivity index (χ4v) is 1.63. The van der Waals surface area contributed by atoms with E-state index in [1.165, 1.54) is 0 Å². The van der Waals surface area contributed by atoms with Crippen LogP contribution in [0, 0.1) is 0 Å². The number of amides is 2. The molecule has 19 heavy (non-hydrogen) atoms. The smallest absolute Gasteiger partial charge is 0.320 e. The van der Waals surface area contributed by atoms with Crippen LogP contribution in [0.5, 0.6) is 0 Å². The van der Waals surface area contributed by atoms with Crippen LogP contribution in [0.3, 0.4) is 0 Å². The number of anilines is 1. The van der Waals surface area contributed by atoms with E-state index in [2.05, 4.69) is 25.6 Å². The van der Waals surface area contributed by atoms with E-state index in [4.69, 9.17) is 0 Å². The maximum atomic E-state index is 11.6. The number of hydrogen-bond donors (Lipinski definition) is 2. The maximum absolute atomic E-state index is 11.6. The van der Waals surface area contributed by atoms with Gasteiger partial charge in [0.15, 0.2) is 5.82 Å². The second-order valence-corrected chi connectivity index (χ2v) is 4.37. The highest BCUT2D eigenvalue weighted by atomic mass is 16.2. The second-order valence-electron chi connectivity index (χ2n) is 4.37. The van der Waals surface area contributed by atoms with Crippen molar-refractivity contribution in [2.45, 2.75) is 18.9 Å². The summed E-state index contributed by atoms with van der Waals surface area (Å²) in [7, 11) is 0. The highest BCUT2D eigenvalue weighted by Crippen LogP contribution is 2.19. The Kier molecular flexibility index (Phi) is 3.06. The van der Waals surface area contributed by atoms with E-state index in [0.717, 1.165) is 18.4 Å². The van der Waals surface area contributed by atoms with Crippen LogP contribution >= 0.6 is 0 Å². The molecular weight excluding hydrogens is 242 g/mol. The minimum absolute atomic E-state index is 0.220. The predicted molar refractivity (Wildman–Crippen MR) is 70.4 cm³/mol. The molecule has 2 amide bonds. The van der Waals surface area contributed by atoms with Crippen molar-refractivity contribution in [1.29, 1.82) is 0 Å². The number of nitrogens with zero attached hydrogens (tertiary/aromatic N) is 3. The molecule has 2 N–H and O–H groups in total. The zero-order chi connectivity index (χ0) is 13.1. The van der Waals surface area contributed by atoms with E-state index in [1.54, 1.807) is 24.7 Å². The van der Waals surface area contributed by atoms with Gasteiger partial charge < -0.3 is 5.32 Å². The van der Waals surface area contributed by atoms with Gasteiger partial charge in [-0.25, -0.2) is 14.8 Å². The molecule has 1 aliphatic carbocycles. The fourth-order valence-electron chi connectivity index (χ4n) is 1.63. The van der Waals surface area contributed by atoms with Crippen LogP contribution in [0.4, 0.5) is 10.6 Å². The minimum atomic E-state index is -0.220. The van der Waals surface area contributed by atoms with Crippen molar-refractivity contribution < 1.29 is 4.79 Å². The molecule has 2 aromatic heterocycles. The number of carbonyl (C=O) groups is 1. The molecule has 3 rings (SSSR count). The van der Waals surface area contributed by atoms with Crippen molar-refractivity contribution >= 4 is 11.8 Å². The second kappa shape index (κ2) is 5.01. The monoisotopic (exact) mass is 255 g/mol. The molecule has 6 nitrogen and oxygen atoms in total. The van der Waals surface area contributed by atoms with E-state index >= 15 is 0 Å². The van der Waals surface area contributed by atoms with E-state index in [9.17, 15) is 4.79 Å². The first kappa shape index (κ1) is 11.6. The standard InChI is InChI=1S/C13H13N5O/c19-13(16-10-1-2-10)18-11-5-8-15-12(17-11)9-3-6-14-7-4-9/h3-8,10H,1-2H2,(H2,15,16,17,18,19). The predicted octanol–water partition coefficient (Wildman–Crippen LogP) is 1.82. The van der Waals surface area contributed by atoms with Gasteiger partial charge in [-0.1, -0.05) is 0 Å². The summed E-state index contributed by atoms with van der Waals surface area (Å²) < 4.78 is 0. The van der Waals surface area contributed by atoms with Crippen molar-refractivity contribution in [3.8, 4) is 11.4 Å². The average molecular weight is 255 g/mol. The first-order valence-corrected chi connectivity index (χ1v) is 6.12. The molecule has 1 aliphatic rings. The molecule has 0 spiro atoms. The molecule has 1 saturated carbocycles. The number of pyridine rings is 1. The number of nitrogens with one attached hydrogen (secondary N) is 2. The molecule has 0 saturated heterocycles. The van der Waals surface area contributed by atoms with Crippen molar-refractivity contribution in [2.24, 2.45) is 0 Å². The van der Waals surface area contributed by atoms with Gasteiger partial charge in [-0.15, -0.1) is 0 Å². The quantitative estimate of drug-likeness (QED) is 0.876. The number of urea groups is 1. The summed E-state index contributed by atoms with van der Waals surface area (Å²) in [6, 6.07) is 5.41. The van der Waals surface area contributed by atoms with Crippen molar-refractivity contribution in [3.05, 3.63) is 36.8 Å². The first-order chi connectivity index (χ1) is 9.31. The van der Waals surface area contributed by atoms with Crippen molar-refractivity contribution in [1.82, 2.24) is 20.3 Å². The lowest BCUT2D eigenvalue weighted by atomic mass is 10.2. The summed E-state index contributed by atoms with van der Waals surface area (Å²) in [5.74, 6) is 1.05. The molecular formula is C13H13N5O. The summed E-state index contributed by atoms with van der Waals surface area (Å²) >= 11 is 0.